The van der Waals surface area contributed by atoms with Crippen LogP contribution < -0.4 is 11.1 Å². The highest BCUT2D eigenvalue weighted by Gasteiger charge is 2.37. The van der Waals surface area contributed by atoms with Crippen LogP contribution in [0.2, 0.25) is 0 Å². The van der Waals surface area contributed by atoms with E-state index in [9.17, 15) is 4.79 Å². The molecule has 0 spiro atoms. The van der Waals surface area contributed by atoms with Crippen LogP contribution in [0.25, 0.3) is 0 Å². The van der Waals surface area contributed by atoms with Crippen LogP contribution in [0.4, 0.5) is 0 Å². The van der Waals surface area contributed by atoms with Crippen LogP contribution in [0, 0.1) is 0 Å². The van der Waals surface area contributed by atoms with Crippen molar-refractivity contribution in [2.75, 3.05) is 0 Å². The molecule has 1 fully saturated rings. The lowest BCUT2D eigenvalue weighted by Gasteiger charge is -2.34. The Bertz CT molecular complexity index is 466. The van der Waals surface area contributed by atoms with Crippen molar-refractivity contribution in [1.29, 1.82) is 0 Å². The minimum Gasteiger partial charge on any atom is -0.409 e. The summed E-state index contributed by atoms with van der Waals surface area (Å²) in [6.45, 7) is 0. The molecule has 2 rings (SSSR count). The molecule has 1 aromatic rings. The van der Waals surface area contributed by atoms with Crippen molar-refractivity contribution in [3.8, 4) is 0 Å². The number of nitrogens with one attached hydrogen (secondary N) is 1. The van der Waals surface area contributed by atoms with Crippen LogP contribution in [-0.2, 0) is 0 Å². The van der Waals surface area contributed by atoms with Crippen LogP contribution in [0.15, 0.2) is 10.5 Å². The van der Waals surface area contributed by atoms with E-state index in [2.05, 4.69) is 20.1 Å². The highest BCUT2D eigenvalue weighted by atomic mass is 32.1. The summed E-state index contributed by atoms with van der Waals surface area (Å²) in [6, 6.07) is 0. The van der Waals surface area contributed by atoms with E-state index in [1.54, 1.807) is 5.38 Å². The molecule has 0 saturated heterocycles. The Morgan fingerprint density at radius 2 is 2.00 bits per heavy atom. The fraction of sp³-hybridized carbons (Fsp3) is 0.667. The van der Waals surface area contributed by atoms with Crippen LogP contribution in [0.1, 0.15) is 55.4 Å². The van der Waals surface area contributed by atoms with Crippen LogP contribution in [0.5, 0.6) is 0 Å². The van der Waals surface area contributed by atoms with Crippen molar-refractivity contribution >= 4 is 23.3 Å². The molecule has 4 N–H and O–H groups in total. The summed E-state index contributed by atoms with van der Waals surface area (Å²) in [5.74, 6) is -0.262. The highest BCUT2D eigenvalue weighted by Crippen LogP contribution is 2.27. The zero-order chi connectivity index (χ0) is 14.4. The van der Waals surface area contributed by atoms with E-state index in [4.69, 9.17) is 10.9 Å². The second-order valence-electron chi connectivity index (χ2n) is 5.08. The largest absolute Gasteiger partial charge is 0.409 e. The molecule has 7 nitrogen and oxygen atoms in total. The zero-order valence-corrected chi connectivity index (χ0v) is 12.0. The summed E-state index contributed by atoms with van der Waals surface area (Å²) in [5.41, 5.74) is 5.34. The topological polar surface area (TPSA) is 113 Å². The summed E-state index contributed by atoms with van der Waals surface area (Å²) in [6.07, 6.45) is 6.59. The second-order valence-corrected chi connectivity index (χ2v) is 5.69. The molecular formula is C12H19N5O2S. The van der Waals surface area contributed by atoms with E-state index >= 15 is 0 Å². The first kappa shape index (κ1) is 14.7. The normalized spacial score (nSPS) is 19.9. The molecule has 1 amide bonds. The Morgan fingerprint density at radius 1 is 1.35 bits per heavy atom. The van der Waals surface area contributed by atoms with Gasteiger partial charge in [0.2, 0.25) is 0 Å². The Labute approximate surface area is 121 Å². The summed E-state index contributed by atoms with van der Waals surface area (Å²) < 4.78 is 3.68. The zero-order valence-electron chi connectivity index (χ0n) is 11.2. The maximum atomic E-state index is 12.2. The number of oxime groups is 1. The van der Waals surface area contributed by atoms with Crippen molar-refractivity contribution in [3.63, 3.8) is 0 Å². The van der Waals surface area contributed by atoms with Gasteiger partial charge in [-0.2, -0.15) is 0 Å². The van der Waals surface area contributed by atoms with Gasteiger partial charge in [0, 0.05) is 5.38 Å². The van der Waals surface area contributed by atoms with Gasteiger partial charge in [-0.1, -0.05) is 41.7 Å². The maximum absolute atomic E-state index is 12.2. The van der Waals surface area contributed by atoms with Gasteiger partial charge in [-0.15, -0.1) is 5.10 Å². The smallest absolute Gasteiger partial charge is 0.273 e. The standard InChI is InChI=1S/C12H19N5O2S/c13-11(16-19)12(6-4-2-1-3-5-7-12)14-10(18)9-8-20-17-15-9/h8,19H,1-7H2,(H2,13,16)(H,14,18). The summed E-state index contributed by atoms with van der Waals surface area (Å²) >= 11 is 1.12. The fourth-order valence-corrected chi connectivity index (χ4v) is 3.03. The van der Waals surface area contributed by atoms with Gasteiger partial charge in [-0.05, 0) is 24.4 Å². The van der Waals surface area contributed by atoms with E-state index in [0.29, 0.717) is 12.8 Å². The Kier molecular flexibility index (Phi) is 4.89. The van der Waals surface area contributed by atoms with Gasteiger partial charge in [0.1, 0.15) is 5.54 Å². The SMILES string of the molecule is NC(=NO)C1(NC(=O)c2csnn2)CCCCCCC1. The molecule has 1 heterocycles. The van der Waals surface area contributed by atoms with Crippen LogP contribution in [-0.4, -0.2) is 32.1 Å². The molecule has 0 aromatic carbocycles. The van der Waals surface area contributed by atoms with Gasteiger partial charge in [0.15, 0.2) is 11.5 Å². The molecule has 20 heavy (non-hydrogen) atoms. The molecular weight excluding hydrogens is 278 g/mol. The predicted octanol–water partition coefficient (Wildman–Crippen LogP) is 1.50. The first-order valence-electron chi connectivity index (χ1n) is 6.75. The van der Waals surface area contributed by atoms with Crippen molar-refractivity contribution in [1.82, 2.24) is 14.9 Å². The quantitative estimate of drug-likeness (QED) is 0.338. The number of nitrogens with zero attached hydrogens (tertiary/aromatic N) is 3. The number of amidine groups is 1. The lowest BCUT2D eigenvalue weighted by Crippen LogP contribution is -2.57. The van der Waals surface area contributed by atoms with Crippen molar-refractivity contribution in [3.05, 3.63) is 11.1 Å². The van der Waals surface area contributed by atoms with Gasteiger partial charge in [-0.3, -0.25) is 4.79 Å². The number of amides is 1. The molecule has 1 saturated carbocycles. The molecule has 0 unspecified atom stereocenters. The third-order valence-electron chi connectivity index (χ3n) is 3.75. The monoisotopic (exact) mass is 297 g/mol. The van der Waals surface area contributed by atoms with E-state index in [1.165, 1.54) is 6.42 Å². The van der Waals surface area contributed by atoms with Gasteiger partial charge in [0.25, 0.3) is 5.91 Å². The molecule has 1 aromatic heterocycles. The first-order valence-corrected chi connectivity index (χ1v) is 7.59. The molecule has 1 aliphatic carbocycles. The summed E-state index contributed by atoms with van der Waals surface area (Å²) in [4.78, 5) is 12.2. The summed E-state index contributed by atoms with van der Waals surface area (Å²) in [5, 5.41) is 20.4. The Hall–Kier alpha value is -1.70. The predicted molar refractivity (Wildman–Crippen MR) is 75.8 cm³/mol. The van der Waals surface area contributed by atoms with E-state index < -0.39 is 5.54 Å². The molecule has 0 atom stereocenters. The number of rotatable bonds is 3. The van der Waals surface area contributed by atoms with Gasteiger partial charge < -0.3 is 16.3 Å². The third-order valence-corrected chi connectivity index (χ3v) is 4.26. The van der Waals surface area contributed by atoms with Crippen molar-refractivity contribution in [2.24, 2.45) is 10.9 Å². The number of aromatic nitrogens is 2. The minimum absolute atomic E-state index is 0.0657. The first-order chi connectivity index (χ1) is 9.68. The average Bonchev–Trinajstić information content (AvgIpc) is 2.95. The van der Waals surface area contributed by atoms with E-state index in [-0.39, 0.29) is 17.4 Å². The molecule has 0 radical (unpaired) electrons. The number of carbonyl (C=O) groups is 1. The molecule has 1 aliphatic rings. The maximum Gasteiger partial charge on any atom is 0.273 e. The van der Waals surface area contributed by atoms with Gasteiger partial charge in [0.05, 0.1) is 0 Å². The van der Waals surface area contributed by atoms with Crippen LogP contribution >= 0.6 is 11.5 Å². The number of hydrogen-bond acceptors (Lipinski definition) is 6. The Balaban J connectivity index is 2.19. The van der Waals surface area contributed by atoms with E-state index in [0.717, 1.165) is 37.2 Å². The van der Waals surface area contributed by atoms with Crippen molar-refractivity contribution < 1.29 is 10.0 Å². The number of nitrogens with two attached hydrogens (primary N) is 1. The highest BCUT2D eigenvalue weighted by molar-refractivity contribution is 7.03. The fourth-order valence-electron chi connectivity index (χ4n) is 2.59. The third kappa shape index (κ3) is 3.24. The van der Waals surface area contributed by atoms with E-state index in [1.807, 2.05) is 0 Å². The average molecular weight is 297 g/mol. The van der Waals surface area contributed by atoms with Crippen molar-refractivity contribution in [2.45, 2.75) is 50.5 Å². The van der Waals surface area contributed by atoms with Gasteiger partial charge >= 0.3 is 0 Å². The Morgan fingerprint density at radius 3 is 2.55 bits per heavy atom. The molecule has 110 valence electrons. The van der Waals surface area contributed by atoms with Gasteiger partial charge in [-0.25, -0.2) is 0 Å². The number of carbonyl (C=O) groups excluding carboxylic acids is 1. The molecule has 8 heteroatoms. The lowest BCUT2D eigenvalue weighted by atomic mass is 9.82. The van der Waals surface area contributed by atoms with Crippen LogP contribution in [0.3, 0.4) is 0 Å². The summed E-state index contributed by atoms with van der Waals surface area (Å²) in [7, 11) is 0. The molecule has 0 aliphatic heterocycles. The second kappa shape index (κ2) is 6.65. The minimum atomic E-state index is -0.782. The molecule has 0 bridgehead atoms. The lowest BCUT2D eigenvalue weighted by molar-refractivity contribution is 0.0905. The number of hydrogen-bond donors (Lipinski definition) is 3.